The monoisotopic (exact) mass is 277 g/mol. The Balaban J connectivity index is 2.01. The molecule has 5 heteroatoms. The van der Waals surface area contributed by atoms with Crippen LogP contribution in [0.1, 0.15) is 26.5 Å². The molecule has 1 saturated heterocycles. The fraction of sp³-hybridized carbons (Fsp3) is 0.571. The molecule has 2 rings (SSSR count). The smallest absolute Gasteiger partial charge is 0.298 e. The number of aromatic nitrogens is 1. The average molecular weight is 277 g/mol. The molecule has 19 heavy (non-hydrogen) atoms. The summed E-state index contributed by atoms with van der Waals surface area (Å²) in [6, 6.07) is 0. The van der Waals surface area contributed by atoms with Crippen molar-refractivity contribution in [3.05, 3.63) is 11.1 Å². The van der Waals surface area contributed by atoms with Crippen LogP contribution in [0.3, 0.4) is 0 Å². The molecule has 0 aliphatic carbocycles. The van der Waals surface area contributed by atoms with Crippen LogP contribution >= 0.6 is 11.3 Å². The van der Waals surface area contributed by atoms with Gasteiger partial charge in [0.2, 0.25) is 0 Å². The summed E-state index contributed by atoms with van der Waals surface area (Å²) in [4.78, 5) is 20.0. The largest absolute Gasteiger partial charge is 0.345 e. The lowest BCUT2D eigenvalue weighted by Gasteiger charge is -2.33. The van der Waals surface area contributed by atoms with E-state index in [1.54, 1.807) is 16.2 Å². The first-order chi connectivity index (χ1) is 8.91. The number of anilines is 1. The third kappa shape index (κ3) is 3.07. The molecule has 1 aliphatic rings. The van der Waals surface area contributed by atoms with Crippen molar-refractivity contribution in [1.82, 2.24) is 9.88 Å². The topological polar surface area (TPSA) is 36.4 Å². The van der Waals surface area contributed by atoms with Gasteiger partial charge in [-0.15, -0.1) is 17.8 Å². The maximum atomic E-state index is 11.4. The van der Waals surface area contributed by atoms with Crippen LogP contribution in [0.2, 0.25) is 0 Å². The number of nitrogens with zero attached hydrogens (tertiary/aromatic N) is 3. The number of thiazole rings is 1. The van der Waals surface area contributed by atoms with Crippen molar-refractivity contribution in [2.45, 2.75) is 26.2 Å². The third-order valence-electron chi connectivity index (χ3n) is 3.22. The van der Waals surface area contributed by atoms with Crippen molar-refractivity contribution in [2.24, 2.45) is 0 Å². The van der Waals surface area contributed by atoms with E-state index in [-0.39, 0.29) is 11.3 Å². The van der Waals surface area contributed by atoms with Gasteiger partial charge in [0.1, 0.15) is 0 Å². The fourth-order valence-electron chi connectivity index (χ4n) is 1.95. The first kappa shape index (κ1) is 13.9. The second-order valence-corrected chi connectivity index (χ2v) is 6.53. The van der Waals surface area contributed by atoms with Gasteiger partial charge < -0.3 is 9.80 Å². The molecule has 0 N–H and O–H groups in total. The van der Waals surface area contributed by atoms with Crippen molar-refractivity contribution in [1.29, 1.82) is 0 Å². The van der Waals surface area contributed by atoms with Gasteiger partial charge >= 0.3 is 0 Å². The summed E-state index contributed by atoms with van der Waals surface area (Å²) in [6.07, 6.45) is 5.13. The highest BCUT2D eigenvalue weighted by atomic mass is 32.1. The van der Waals surface area contributed by atoms with Crippen LogP contribution in [-0.4, -0.2) is 42.0 Å². The number of hydrogen-bond acceptors (Lipinski definition) is 4. The lowest BCUT2D eigenvalue weighted by Crippen LogP contribution is -2.48. The number of amides is 1. The van der Waals surface area contributed by atoms with Crippen molar-refractivity contribution in [3.8, 4) is 12.3 Å². The van der Waals surface area contributed by atoms with E-state index >= 15 is 0 Å². The van der Waals surface area contributed by atoms with Crippen LogP contribution in [0, 0.1) is 12.3 Å². The van der Waals surface area contributed by atoms with Crippen LogP contribution in [0.15, 0.2) is 5.38 Å². The molecule has 0 unspecified atom stereocenters. The van der Waals surface area contributed by atoms with Gasteiger partial charge in [0, 0.05) is 37.0 Å². The third-order valence-corrected chi connectivity index (χ3v) is 4.12. The molecule has 0 spiro atoms. The number of piperazine rings is 1. The Morgan fingerprint density at radius 1 is 1.37 bits per heavy atom. The highest BCUT2D eigenvalue weighted by molar-refractivity contribution is 7.13. The summed E-state index contributed by atoms with van der Waals surface area (Å²) in [7, 11) is 0. The van der Waals surface area contributed by atoms with Crippen LogP contribution in [0.5, 0.6) is 0 Å². The standard InChI is InChI=1S/C14H19N3OS/c1-5-12(18)16-6-8-17(9-7-16)13-15-11(10-19-13)14(2,3)4/h1,10H,6-9H2,2-4H3. The summed E-state index contributed by atoms with van der Waals surface area (Å²) in [6.45, 7) is 9.43. The molecule has 0 radical (unpaired) electrons. The summed E-state index contributed by atoms with van der Waals surface area (Å²) in [5, 5.41) is 3.16. The molecule has 1 amide bonds. The molecule has 1 aromatic heterocycles. The number of rotatable bonds is 1. The van der Waals surface area contributed by atoms with Gasteiger partial charge in [0.15, 0.2) is 5.13 Å². The van der Waals surface area contributed by atoms with E-state index in [0.29, 0.717) is 13.1 Å². The van der Waals surface area contributed by atoms with E-state index in [1.807, 2.05) is 0 Å². The minimum absolute atomic E-state index is 0.0794. The van der Waals surface area contributed by atoms with E-state index in [1.165, 1.54) is 0 Å². The van der Waals surface area contributed by atoms with Crippen molar-refractivity contribution in [3.63, 3.8) is 0 Å². The highest BCUT2D eigenvalue weighted by Gasteiger charge is 2.24. The number of hydrogen-bond donors (Lipinski definition) is 0. The first-order valence-electron chi connectivity index (χ1n) is 6.38. The Bertz CT molecular complexity index is 501. The highest BCUT2D eigenvalue weighted by Crippen LogP contribution is 2.28. The minimum Gasteiger partial charge on any atom is -0.345 e. The quantitative estimate of drug-likeness (QED) is 0.733. The zero-order valence-corrected chi connectivity index (χ0v) is 12.5. The molecule has 1 fully saturated rings. The maximum Gasteiger partial charge on any atom is 0.298 e. The van der Waals surface area contributed by atoms with Gasteiger partial charge in [-0.1, -0.05) is 20.8 Å². The molecule has 0 saturated carbocycles. The maximum absolute atomic E-state index is 11.4. The first-order valence-corrected chi connectivity index (χ1v) is 7.26. The molecular weight excluding hydrogens is 258 g/mol. The summed E-state index contributed by atoms with van der Waals surface area (Å²) in [5.74, 6) is 1.96. The summed E-state index contributed by atoms with van der Waals surface area (Å²) in [5.41, 5.74) is 1.20. The van der Waals surface area contributed by atoms with Crippen LogP contribution in [-0.2, 0) is 10.2 Å². The molecule has 0 atom stereocenters. The molecule has 4 nitrogen and oxygen atoms in total. The lowest BCUT2D eigenvalue weighted by atomic mass is 9.93. The molecule has 2 heterocycles. The second-order valence-electron chi connectivity index (χ2n) is 5.69. The molecule has 1 aliphatic heterocycles. The van der Waals surface area contributed by atoms with Gasteiger partial charge in [0.25, 0.3) is 5.91 Å². The Kier molecular flexibility index (Phi) is 3.81. The Morgan fingerprint density at radius 2 is 2.00 bits per heavy atom. The number of terminal acetylenes is 1. The van der Waals surface area contributed by atoms with Crippen LogP contribution in [0.25, 0.3) is 0 Å². The van der Waals surface area contributed by atoms with E-state index in [0.717, 1.165) is 23.9 Å². The van der Waals surface area contributed by atoms with E-state index in [2.05, 4.69) is 37.0 Å². The van der Waals surface area contributed by atoms with Crippen LogP contribution in [0.4, 0.5) is 5.13 Å². The zero-order valence-electron chi connectivity index (χ0n) is 11.6. The summed E-state index contributed by atoms with van der Waals surface area (Å²) >= 11 is 1.67. The SMILES string of the molecule is C#CC(=O)N1CCN(c2nc(C(C)(C)C)cs2)CC1. The normalized spacial score (nSPS) is 16.3. The predicted octanol–water partition coefficient (Wildman–Crippen LogP) is 1.72. The molecular formula is C14H19N3OS. The Labute approximate surface area is 118 Å². The minimum atomic E-state index is -0.214. The van der Waals surface area contributed by atoms with Gasteiger partial charge in [0.05, 0.1) is 5.69 Å². The van der Waals surface area contributed by atoms with E-state index in [9.17, 15) is 4.79 Å². The van der Waals surface area contributed by atoms with E-state index in [4.69, 9.17) is 11.4 Å². The van der Waals surface area contributed by atoms with Gasteiger partial charge in [-0.05, 0) is 5.92 Å². The number of carbonyl (C=O) groups excluding carboxylic acids is 1. The van der Waals surface area contributed by atoms with Gasteiger partial charge in [-0.3, -0.25) is 4.79 Å². The van der Waals surface area contributed by atoms with Crippen molar-refractivity contribution < 1.29 is 4.79 Å². The fourth-order valence-corrected chi connectivity index (χ4v) is 3.05. The Hall–Kier alpha value is -1.54. The molecule has 0 bridgehead atoms. The van der Waals surface area contributed by atoms with Gasteiger partial charge in [-0.2, -0.15) is 0 Å². The van der Waals surface area contributed by atoms with Crippen molar-refractivity contribution >= 4 is 22.4 Å². The average Bonchev–Trinajstić information content (AvgIpc) is 2.87. The van der Waals surface area contributed by atoms with Crippen LogP contribution < -0.4 is 4.90 Å². The van der Waals surface area contributed by atoms with Crippen molar-refractivity contribution in [2.75, 3.05) is 31.1 Å². The van der Waals surface area contributed by atoms with E-state index < -0.39 is 0 Å². The van der Waals surface area contributed by atoms with Gasteiger partial charge in [-0.25, -0.2) is 4.98 Å². The molecule has 102 valence electrons. The zero-order chi connectivity index (χ0) is 14.0. The molecule has 1 aromatic rings. The number of carbonyl (C=O) groups is 1. The predicted molar refractivity (Wildman–Crippen MR) is 78.4 cm³/mol. The molecule has 0 aromatic carbocycles. The Morgan fingerprint density at radius 3 is 2.47 bits per heavy atom. The summed E-state index contributed by atoms with van der Waals surface area (Å²) < 4.78 is 0. The second kappa shape index (κ2) is 5.22. The lowest BCUT2D eigenvalue weighted by molar-refractivity contribution is -0.125.